The van der Waals surface area contributed by atoms with E-state index in [4.69, 9.17) is 4.74 Å². The van der Waals surface area contributed by atoms with Crippen molar-refractivity contribution in [3.05, 3.63) is 66.0 Å². The zero-order valence-electron chi connectivity index (χ0n) is 11.8. The molecule has 1 atom stereocenters. The van der Waals surface area contributed by atoms with Gasteiger partial charge in [-0.2, -0.15) is 5.26 Å². The van der Waals surface area contributed by atoms with Crippen molar-refractivity contribution in [2.24, 2.45) is 0 Å². The van der Waals surface area contributed by atoms with Gasteiger partial charge in [-0.15, -0.1) is 0 Å². The van der Waals surface area contributed by atoms with Gasteiger partial charge in [-0.3, -0.25) is 0 Å². The first kappa shape index (κ1) is 15.1. The molecule has 0 saturated heterocycles. The van der Waals surface area contributed by atoms with Crippen LogP contribution in [0.25, 0.3) is 0 Å². The number of nitriles is 1. The first-order valence-electron chi connectivity index (χ1n) is 7.13. The fraction of sp³-hybridized carbons (Fsp3) is 0.278. The molecule has 0 saturated carbocycles. The third-order valence-electron chi connectivity index (χ3n) is 3.34. The van der Waals surface area contributed by atoms with Crippen LogP contribution in [-0.4, -0.2) is 6.61 Å². The predicted molar refractivity (Wildman–Crippen MR) is 80.5 cm³/mol. The van der Waals surface area contributed by atoms with Crippen molar-refractivity contribution in [1.29, 1.82) is 5.26 Å². The highest BCUT2D eigenvalue weighted by Crippen LogP contribution is 2.23. The molecule has 3 heteroatoms. The van der Waals surface area contributed by atoms with E-state index in [1.54, 1.807) is 18.2 Å². The molecule has 0 N–H and O–H groups in total. The summed E-state index contributed by atoms with van der Waals surface area (Å²) in [6, 6.07) is 18.3. The van der Waals surface area contributed by atoms with E-state index in [1.807, 2.05) is 30.3 Å². The zero-order valence-corrected chi connectivity index (χ0v) is 11.8. The summed E-state index contributed by atoms with van der Waals surface area (Å²) in [6.45, 7) is 0.611. The molecule has 0 spiro atoms. The van der Waals surface area contributed by atoms with Gasteiger partial charge in [0.05, 0.1) is 18.6 Å². The van der Waals surface area contributed by atoms with E-state index in [0.29, 0.717) is 18.6 Å². The van der Waals surface area contributed by atoms with Gasteiger partial charge in [0.25, 0.3) is 0 Å². The van der Waals surface area contributed by atoms with E-state index in [0.717, 1.165) is 18.6 Å². The summed E-state index contributed by atoms with van der Waals surface area (Å²) in [5, 5.41) is 9.19. The molecule has 0 radical (unpaired) electrons. The molecule has 0 amide bonds. The highest BCUT2D eigenvalue weighted by Gasteiger charge is 2.14. The van der Waals surface area contributed by atoms with Gasteiger partial charge >= 0.3 is 0 Å². The van der Waals surface area contributed by atoms with Gasteiger partial charge in [0.1, 0.15) is 11.6 Å². The average molecular weight is 283 g/mol. The van der Waals surface area contributed by atoms with Gasteiger partial charge in [-0.1, -0.05) is 36.4 Å². The molecular formula is C18H18FNO. The summed E-state index contributed by atoms with van der Waals surface area (Å²) in [6.07, 6.45) is 2.33. The van der Waals surface area contributed by atoms with Crippen LogP contribution in [0.3, 0.4) is 0 Å². The number of rotatable bonds is 7. The molecular weight excluding hydrogens is 265 g/mol. The molecule has 2 aromatic rings. The molecule has 108 valence electrons. The number of ether oxygens (including phenoxy) is 1. The lowest BCUT2D eigenvalue weighted by Crippen LogP contribution is -2.02. The number of nitrogens with zero attached hydrogens (tertiary/aromatic N) is 1. The van der Waals surface area contributed by atoms with E-state index in [1.165, 1.54) is 6.07 Å². The van der Waals surface area contributed by atoms with Gasteiger partial charge in [0, 0.05) is 5.56 Å². The summed E-state index contributed by atoms with van der Waals surface area (Å²) in [4.78, 5) is 0. The van der Waals surface area contributed by atoms with Crippen LogP contribution in [0.2, 0.25) is 0 Å². The number of para-hydroxylation sites is 1. The molecule has 0 aliphatic heterocycles. The highest BCUT2D eigenvalue weighted by atomic mass is 19.1. The maximum atomic E-state index is 13.6. The molecule has 2 aromatic carbocycles. The summed E-state index contributed by atoms with van der Waals surface area (Å²) in [7, 11) is 0. The van der Waals surface area contributed by atoms with Crippen LogP contribution in [0.5, 0.6) is 5.75 Å². The lowest BCUT2D eigenvalue weighted by molar-refractivity contribution is 0.304. The summed E-state index contributed by atoms with van der Waals surface area (Å²) in [5.41, 5.74) is 0.490. The maximum absolute atomic E-state index is 13.6. The van der Waals surface area contributed by atoms with E-state index < -0.39 is 0 Å². The Morgan fingerprint density at radius 2 is 1.71 bits per heavy atom. The Hall–Kier alpha value is -2.34. The topological polar surface area (TPSA) is 33.0 Å². The molecule has 0 heterocycles. The quantitative estimate of drug-likeness (QED) is 0.691. The minimum absolute atomic E-state index is 0.301. The lowest BCUT2D eigenvalue weighted by atomic mass is 9.94. The third kappa shape index (κ3) is 4.61. The summed E-state index contributed by atoms with van der Waals surface area (Å²) in [5.74, 6) is 0.163. The van der Waals surface area contributed by atoms with E-state index in [9.17, 15) is 9.65 Å². The van der Waals surface area contributed by atoms with Crippen molar-refractivity contribution in [3.8, 4) is 11.8 Å². The van der Waals surface area contributed by atoms with Crippen molar-refractivity contribution < 1.29 is 9.13 Å². The van der Waals surface area contributed by atoms with Crippen molar-refractivity contribution >= 4 is 0 Å². The van der Waals surface area contributed by atoms with Gasteiger partial charge in [-0.05, 0) is 37.5 Å². The van der Waals surface area contributed by atoms with Crippen LogP contribution < -0.4 is 4.74 Å². The van der Waals surface area contributed by atoms with Gasteiger partial charge in [0.15, 0.2) is 0 Å². The summed E-state index contributed by atoms with van der Waals surface area (Å²) < 4.78 is 19.2. The summed E-state index contributed by atoms with van der Waals surface area (Å²) >= 11 is 0. The first-order chi connectivity index (χ1) is 10.3. The number of halogens is 1. The SMILES string of the molecule is N#CC(CCCCOc1ccccc1)c1ccccc1F. The molecule has 0 aliphatic rings. The van der Waals surface area contributed by atoms with Crippen LogP contribution in [0.15, 0.2) is 54.6 Å². The van der Waals surface area contributed by atoms with E-state index in [2.05, 4.69) is 6.07 Å². The monoisotopic (exact) mass is 283 g/mol. The van der Waals surface area contributed by atoms with Crippen LogP contribution in [0.1, 0.15) is 30.7 Å². The Bertz CT molecular complexity index is 592. The van der Waals surface area contributed by atoms with Crippen molar-refractivity contribution in [3.63, 3.8) is 0 Å². The third-order valence-corrected chi connectivity index (χ3v) is 3.34. The Labute approximate surface area is 124 Å². The van der Waals surface area contributed by atoms with Crippen molar-refractivity contribution in [2.75, 3.05) is 6.61 Å². The molecule has 1 unspecified atom stereocenters. The van der Waals surface area contributed by atoms with E-state index in [-0.39, 0.29) is 11.7 Å². The largest absolute Gasteiger partial charge is 0.494 e. The van der Waals surface area contributed by atoms with Gasteiger partial charge in [-0.25, -0.2) is 4.39 Å². The number of hydrogen-bond acceptors (Lipinski definition) is 2. The second kappa shape index (κ2) is 8.06. The highest BCUT2D eigenvalue weighted by molar-refractivity contribution is 5.26. The van der Waals surface area contributed by atoms with Crippen molar-refractivity contribution in [2.45, 2.75) is 25.2 Å². The molecule has 0 bridgehead atoms. The molecule has 0 fully saturated rings. The Morgan fingerprint density at radius 3 is 2.43 bits per heavy atom. The molecule has 21 heavy (non-hydrogen) atoms. The smallest absolute Gasteiger partial charge is 0.127 e. The second-order valence-electron chi connectivity index (χ2n) is 4.86. The molecule has 2 rings (SSSR count). The van der Waals surface area contributed by atoms with Crippen LogP contribution in [0, 0.1) is 17.1 Å². The standard InChI is InChI=1S/C18H18FNO/c19-18-12-5-4-11-17(18)15(14-20)8-6-7-13-21-16-9-2-1-3-10-16/h1-5,9-12,15H,6-8,13H2. The predicted octanol–water partition coefficient (Wildman–Crippen LogP) is 4.68. The van der Waals surface area contributed by atoms with E-state index >= 15 is 0 Å². The lowest BCUT2D eigenvalue weighted by Gasteiger charge is -2.10. The second-order valence-corrected chi connectivity index (χ2v) is 4.86. The van der Waals surface area contributed by atoms with Gasteiger partial charge in [0.2, 0.25) is 0 Å². The fourth-order valence-electron chi connectivity index (χ4n) is 2.20. The average Bonchev–Trinajstić information content (AvgIpc) is 2.53. The maximum Gasteiger partial charge on any atom is 0.127 e. The first-order valence-corrected chi connectivity index (χ1v) is 7.13. The molecule has 0 aromatic heterocycles. The zero-order chi connectivity index (χ0) is 14.9. The van der Waals surface area contributed by atoms with Crippen molar-refractivity contribution in [1.82, 2.24) is 0 Å². The normalized spacial score (nSPS) is 11.6. The Balaban J connectivity index is 1.75. The Kier molecular flexibility index (Phi) is 5.78. The number of benzene rings is 2. The molecule has 0 aliphatic carbocycles. The number of unbranched alkanes of at least 4 members (excludes halogenated alkanes) is 1. The minimum Gasteiger partial charge on any atom is -0.494 e. The molecule has 2 nitrogen and oxygen atoms in total. The minimum atomic E-state index is -0.386. The van der Waals surface area contributed by atoms with Crippen LogP contribution in [0.4, 0.5) is 4.39 Å². The van der Waals surface area contributed by atoms with Gasteiger partial charge < -0.3 is 4.74 Å². The fourth-order valence-corrected chi connectivity index (χ4v) is 2.20. The number of hydrogen-bond donors (Lipinski definition) is 0. The van der Waals surface area contributed by atoms with Crippen LogP contribution in [-0.2, 0) is 0 Å². The van der Waals surface area contributed by atoms with Crippen LogP contribution >= 0.6 is 0 Å². The Morgan fingerprint density at radius 1 is 1.00 bits per heavy atom.